The van der Waals surface area contributed by atoms with Gasteiger partial charge < -0.3 is 5.11 Å². The van der Waals surface area contributed by atoms with Gasteiger partial charge in [-0.05, 0) is 36.5 Å². The first-order chi connectivity index (χ1) is 13.8. The second kappa shape index (κ2) is 8.20. The van der Waals surface area contributed by atoms with Gasteiger partial charge in [-0.1, -0.05) is 18.6 Å². The molecule has 2 aliphatic heterocycles. The summed E-state index contributed by atoms with van der Waals surface area (Å²) in [6.45, 7) is 6.93. The number of piperazine rings is 1. The minimum absolute atomic E-state index is 0.348. The summed E-state index contributed by atoms with van der Waals surface area (Å²) in [6, 6.07) is 7.58. The zero-order valence-electron chi connectivity index (χ0n) is 16.5. The van der Waals surface area contributed by atoms with Crippen LogP contribution in [-0.2, 0) is 13.0 Å². The van der Waals surface area contributed by atoms with Gasteiger partial charge in [0.15, 0.2) is 0 Å². The summed E-state index contributed by atoms with van der Waals surface area (Å²) in [5.74, 6) is 0. The highest BCUT2D eigenvalue weighted by Gasteiger charge is 2.30. The Morgan fingerprint density at radius 1 is 1.11 bits per heavy atom. The third kappa shape index (κ3) is 3.89. The fourth-order valence-electron chi connectivity index (χ4n) is 4.77. The minimum atomic E-state index is -0.348. The van der Waals surface area contributed by atoms with Gasteiger partial charge in [0.25, 0.3) is 0 Å². The predicted molar refractivity (Wildman–Crippen MR) is 113 cm³/mol. The average molecular weight is 399 g/mol. The number of benzene rings is 1. The summed E-state index contributed by atoms with van der Waals surface area (Å²) in [4.78, 5) is 11.7. The van der Waals surface area contributed by atoms with E-state index < -0.39 is 0 Å². The number of rotatable bonds is 5. The number of aromatic nitrogens is 1. The maximum absolute atomic E-state index is 10.8. The van der Waals surface area contributed by atoms with E-state index >= 15 is 0 Å². The maximum atomic E-state index is 10.8. The second-order valence-corrected chi connectivity index (χ2v) is 9.34. The highest BCUT2D eigenvalue weighted by atomic mass is 32.1. The van der Waals surface area contributed by atoms with Gasteiger partial charge in [-0.2, -0.15) is 0 Å². The lowest BCUT2D eigenvalue weighted by atomic mass is 9.91. The van der Waals surface area contributed by atoms with Crippen LogP contribution in [0.3, 0.4) is 0 Å². The van der Waals surface area contributed by atoms with Crippen molar-refractivity contribution in [2.45, 2.75) is 44.5 Å². The van der Waals surface area contributed by atoms with Crippen LogP contribution < -0.4 is 0 Å². The molecular weight excluding hydrogens is 368 g/mol. The Hall–Kier alpha value is -1.31. The van der Waals surface area contributed by atoms with Crippen LogP contribution in [0, 0.1) is 0 Å². The van der Waals surface area contributed by atoms with Gasteiger partial charge in [-0.3, -0.25) is 14.7 Å². The molecule has 1 saturated heterocycles. The van der Waals surface area contributed by atoms with Crippen molar-refractivity contribution in [1.29, 1.82) is 0 Å². The van der Waals surface area contributed by atoms with Crippen LogP contribution in [0.2, 0.25) is 0 Å². The number of β-amino-alcohol motifs (C(OH)–C–C–N with tert-alkyl or cyclic N) is 1. The van der Waals surface area contributed by atoms with E-state index in [1.807, 2.05) is 11.6 Å². The summed E-state index contributed by atoms with van der Waals surface area (Å²) in [7, 11) is 0. The van der Waals surface area contributed by atoms with E-state index in [0.717, 1.165) is 63.3 Å². The molecule has 1 aromatic heterocycles. The molecule has 1 unspecified atom stereocenters. The van der Waals surface area contributed by atoms with E-state index in [2.05, 4.69) is 37.9 Å². The Balaban J connectivity index is 1.15. The molecule has 150 valence electrons. The second-order valence-electron chi connectivity index (χ2n) is 8.44. The third-order valence-electron chi connectivity index (χ3n) is 6.76. The van der Waals surface area contributed by atoms with Crippen LogP contribution in [0.15, 0.2) is 29.8 Å². The van der Waals surface area contributed by atoms with Gasteiger partial charge in [0, 0.05) is 69.0 Å². The first kappa shape index (κ1) is 18.7. The lowest BCUT2D eigenvalue weighted by molar-refractivity contribution is -0.0560. The first-order valence-electron chi connectivity index (χ1n) is 10.7. The molecule has 1 saturated carbocycles. The molecule has 0 amide bonds. The predicted octanol–water partition coefficient (Wildman–Crippen LogP) is 2.66. The maximum Gasteiger partial charge on any atom is 0.123 e. The number of hydrogen-bond acceptors (Lipinski definition) is 6. The van der Waals surface area contributed by atoms with Gasteiger partial charge >= 0.3 is 0 Å². The average Bonchev–Trinajstić information content (AvgIpc) is 3.21. The SMILES string of the molecule is OC(CN1CCc2cc(-c3nccs3)ccc2C1)N1CCN(C2CCC2)CC1. The van der Waals surface area contributed by atoms with E-state index in [-0.39, 0.29) is 6.23 Å². The van der Waals surface area contributed by atoms with Crippen LogP contribution in [0.1, 0.15) is 30.4 Å². The largest absolute Gasteiger partial charge is 0.377 e. The van der Waals surface area contributed by atoms with Crippen LogP contribution in [0.5, 0.6) is 0 Å². The van der Waals surface area contributed by atoms with Crippen molar-refractivity contribution in [1.82, 2.24) is 19.7 Å². The molecule has 0 spiro atoms. The van der Waals surface area contributed by atoms with Crippen molar-refractivity contribution in [2.24, 2.45) is 0 Å². The van der Waals surface area contributed by atoms with Crippen LogP contribution in [-0.4, -0.2) is 76.3 Å². The molecule has 0 bridgehead atoms. The van der Waals surface area contributed by atoms with Gasteiger partial charge in [0.1, 0.15) is 11.2 Å². The molecule has 6 heteroatoms. The van der Waals surface area contributed by atoms with Crippen molar-refractivity contribution in [3.05, 3.63) is 40.9 Å². The number of aliphatic hydroxyl groups excluding tert-OH is 1. The molecule has 2 aromatic rings. The summed E-state index contributed by atoms with van der Waals surface area (Å²) in [6.07, 6.45) is 6.72. The molecule has 1 atom stereocenters. The van der Waals surface area contributed by atoms with Crippen molar-refractivity contribution in [3.63, 3.8) is 0 Å². The zero-order valence-corrected chi connectivity index (χ0v) is 17.3. The standard InChI is InChI=1S/C22H30N4OS/c27-21(26-11-9-25(10-12-26)20-2-1-3-20)16-24-8-6-17-14-18(4-5-19(17)15-24)22-23-7-13-28-22/h4-5,7,13-14,20-21,27H,1-3,6,8-12,15-16H2. The quantitative estimate of drug-likeness (QED) is 0.839. The highest BCUT2D eigenvalue weighted by Crippen LogP contribution is 2.28. The molecule has 1 aromatic carbocycles. The van der Waals surface area contributed by atoms with Crippen LogP contribution in [0.25, 0.3) is 10.6 Å². The Morgan fingerprint density at radius 3 is 2.68 bits per heavy atom. The number of hydrogen-bond donors (Lipinski definition) is 1. The zero-order chi connectivity index (χ0) is 18.9. The van der Waals surface area contributed by atoms with E-state index in [9.17, 15) is 5.11 Å². The minimum Gasteiger partial charge on any atom is -0.377 e. The van der Waals surface area contributed by atoms with Crippen molar-refractivity contribution in [3.8, 4) is 10.6 Å². The molecular formula is C22H30N4OS. The van der Waals surface area contributed by atoms with Crippen molar-refractivity contribution >= 4 is 11.3 Å². The molecule has 3 heterocycles. The lowest BCUT2D eigenvalue weighted by Crippen LogP contribution is -2.56. The van der Waals surface area contributed by atoms with E-state index in [1.54, 1.807) is 11.3 Å². The molecule has 1 aliphatic carbocycles. The van der Waals surface area contributed by atoms with Gasteiger partial charge in [0.05, 0.1) is 0 Å². The Kier molecular flexibility index (Phi) is 5.48. The summed E-state index contributed by atoms with van der Waals surface area (Å²) < 4.78 is 0. The van der Waals surface area contributed by atoms with Crippen molar-refractivity contribution in [2.75, 3.05) is 39.3 Å². The van der Waals surface area contributed by atoms with E-state index in [4.69, 9.17) is 0 Å². The summed E-state index contributed by atoms with van der Waals surface area (Å²) in [5, 5.41) is 13.9. The number of aliphatic hydroxyl groups is 1. The Bertz CT molecular complexity index is 784. The molecule has 5 rings (SSSR count). The molecule has 2 fully saturated rings. The van der Waals surface area contributed by atoms with Crippen LogP contribution >= 0.6 is 11.3 Å². The molecule has 0 radical (unpaired) electrons. The number of thiazole rings is 1. The molecule has 28 heavy (non-hydrogen) atoms. The first-order valence-corrected chi connectivity index (χ1v) is 11.5. The van der Waals surface area contributed by atoms with Crippen molar-refractivity contribution < 1.29 is 5.11 Å². The highest BCUT2D eigenvalue weighted by molar-refractivity contribution is 7.13. The van der Waals surface area contributed by atoms with Crippen LogP contribution in [0.4, 0.5) is 0 Å². The fourth-order valence-corrected chi connectivity index (χ4v) is 5.40. The van der Waals surface area contributed by atoms with Gasteiger partial charge in [-0.25, -0.2) is 4.98 Å². The third-order valence-corrected chi connectivity index (χ3v) is 7.58. The fraction of sp³-hybridized carbons (Fsp3) is 0.591. The topological polar surface area (TPSA) is 42.8 Å². The van der Waals surface area contributed by atoms with Gasteiger partial charge in [0.2, 0.25) is 0 Å². The summed E-state index contributed by atoms with van der Waals surface area (Å²) in [5.41, 5.74) is 4.06. The molecule has 1 N–H and O–H groups in total. The van der Waals surface area contributed by atoms with Gasteiger partial charge in [-0.15, -0.1) is 11.3 Å². The summed E-state index contributed by atoms with van der Waals surface area (Å²) >= 11 is 1.69. The Morgan fingerprint density at radius 2 is 1.96 bits per heavy atom. The number of nitrogens with zero attached hydrogens (tertiary/aromatic N) is 4. The lowest BCUT2D eigenvalue weighted by Gasteiger charge is -2.44. The monoisotopic (exact) mass is 398 g/mol. The van der Waals surface area contributed by atoms with E-state index in [0.29, 0.717) is 0 Å². The number of fused-ring (bicyclic) bond motifs is 1. The van der Waals surface area contributed by atoms with E-state index in [1.165, 1.54) is 36.0 Å². The molecule has 3 aliphatic rings. The molecule has 5 nitrogen and oxygen atoms in total. The Labute approximate surface area is 171 Å². The smallest absolute Gasteiger partial charge is 0.123 e. The normalized spacial score (nSPS) is 23.3.